The Balaban J connectivity index is 2.01. The maximum Gasteiger partial charge on any atom is 0.311 e. The minimum Gasteiger partial charge on any atom is -0.481 e. The summed E-state index contributed by atoms with van der Waals surface area (Å²) in [7, 11) is 0. The molecule has 124 valence electrons. The second kappa shape index (κ2) is 6.48. The van der Waals surface area contributed by atoms with Crippen molar-refractivity contribution in [3.8, 4) is 0 Å². The first-order chi connectivity index (χ1) is 11.5. The Morgan fingerprint density at radius 1 is 1.12 bits per heavy atom. The van der Waals surface area contributed by atoms with Crippen molar-refractivity contribution in [2.24, 2.45) is 0 Å². The van der Waals surface area contributed by atoms with E-state index in [9.17, 15) is 14.7 Å². The molecule has 2 atom stereocenters. The van der Waals surface area contributed by atoms with Crippen molar-refractivity contribution in [3.05, 3.63) is 65.2 Å². The van der Waals surface area contributed by atoms with E-state index in [2.05, 4.69) is 6.92 Å². The summed E-state index contributed by atoms with van der Waals surface area (Å²) < 4.78 is 0. The number of carboxylic acid groups (broad SMARTS) is 1. The number of fused-ring (bicyclic) bond motifs is 1. The van der Waals surface area contributed by atoms with Crippen LogP contribution in [0.1, 0.15) is 47.7 Å². The second-order valence-electron chi connectivity index (χ2n) is 6.26. The second-order valence-corrected chi connectivity index (χ2v) is 6.26. The zero-order chi connectivity index (χ0) is 17.3. The number of nitrogens with zero attached hydrogens (tertiary/aromatic N) is 1. The lowest BCUT2D eigenvalue weighted by atomic mass is 9.85. The molecule has 1 amide bonds. The van der Waals surface area contributed by atoms with Crippen molar-refractivity contribution < 1.29 is 14.7 Å². The molecule has 1 aliphatic rings. The van der Waals surface area contributed by atoms with E-state index >= 15 is 0 Å². The molecule has 1 aliphatic heterocycles. The molecular weight excluding hydrogens is 302 g/mol. The molecule has 0 aliphatic carbocycles. The van der Waals surface area contributed by atoms with Gasteiger partial charge in [-0.15, -0.1) is 0 Å². The van der Waals surface area contributed by atoms with Crippen LogP contribution in [0.15, 0.2) is 48.5 Å². The summed E-state index contributed by atoms with van der Waals surface area (Å²) in [5.74, 6) is -1.49. The van der Waals surface area contributed by atoms with Crippen molar-refractivity contribution in [1.82, 2.24) is 0 Å². The van der Waals surface area contributed by atoms with E-state index in [0.29, 0.717) is 23.2 Å². The number of anilines is 1. The third-order valence-corrected chi connectivity index (χ3v) is 4.72. The molecule has 0 aromatic heterocycles. The fourth-order valence-electron chi connectivity index (χ4n) is 3.38. The predicted octanol–water partition coefficient (Wildman–Crippen LogP) is 3.86. The van der Waals surface area contributed by atoms with Crippen molar-refractivity contribution in [1.29, 1.82) is 0 Å². The molecule has 2 aromatic rings. The summed E-state index contributed by atoms with van der Waals surface area (Å²) >= 11 is 0. The van der Waals surface area contributed by atoms with E-state index < -0.39 is 11.9 Å². The van der Waals surface area contributed by atoms with Gasteiger partial charge in [-0.25, -0.2) is 0 Å². The minimum atomic E-state index is -0.839. The van der Waals surface area contributed by atoms with E-state index in [1.807, 2.05) is 49.4 Å². The summed E-state index contributed by atoms with van der Waals surface area (Å²) in [6.07, 6.45) is 1.35. The first-order valence-corrected chi connectivity index (χ1v) is 8.27. The number of amides is 1. The molecule has 0 saturated carbocycles. The van der Waals surface area contributed by atoms with Crippen LogP contribution < -0.4 is 4.90 Å². The Kier molecular flexibility index (Phi) is 4.38. The van der Waals surface area contributed by atoms with E-state index in [-0.39, 0.29) is 11.9 Å². The highest BCUT2D eigenvalue weighted by molar-refractivity contribution is 6.07. The molecule has 0 spiro atoms. The van der Waals surface area contributed by atoms with Gasteiger partial charge in [0.15, 0.2) is 0 Å². The van der Waals surface area contributed by atoms with Gasteiger partial charge >= 0.3 is 5.97 Å². The van der Waals surface area contributed by atoms with Gasteiger partial charge in [-0.3, -0.25) is 9.59 Å². The number of rotatable bonds is 3. The third-order valence-electron chi connectivity index (χ3n) is 4.72. The number of carbonyl (C=O) groups excluding carboxylic acids is 1. The molecule has 1 N–H and O–H groups in total. The van der Waals surface area contributed by atoms with Gasteiger partial charge in [0.05, 0.1) is 5.92 Å². The summed E-state index contributed by atoms with van der Waals surface area (Å²) in [6, 6.07) is 14.8. The first-order valence-electron chi connectivity index (χ1n) is 8.27. The molecule has 0 radical (unpaired) electrons. The van der Waals surface area contributed by atoms with Crippen LogP contribution in [0.4, 0.5) is 5.69 Å². The molecule has 1 unspecified atom stereocenters. The van der Waals surface area contributed by atoms with Crippen LogP contribution in [-0.4, -0.2) is 23.0 Å². The largest absolute Gasteiger partial charge is 0.481 e. The van der Waals surface area contributed by atoms with Gasteiger partial charge in [0, 0.05) is 17.3 Å². The maximum absolute atomic E-state index is 13.0. The number of aliphatic carboxylic acids is 1. The predicted molar refractivity (Wildman–Crippen MR) is 93.5 cm³/mol. The maximum atomic E-state index is 13.0. The zero-order valence-electron chi connectivity index (χ0n) is 13.9. The van der Waals surface area contributed by atoms with Crippen molar-refractivity contribution >= 4 is 17.6 Å². The number of benzene rings is 2. The normalized spacial score (nSPS) is 19.7. The quantitative estimate of drug-likeness (QED) is 0.933. The monoisotopic (exact) mass is 323 g/mol. The molecule has 1 heterocycles. The number of hydrogen-bond donors (Lipinski definition) is 1. The molecular formula is C20H21NO3. The van der Waals surface area contributed by atoms with Crippen LogP contribution in [0, 0.1) is 0 Å². The Morgan fingerprint density at radius 3 is 2.42 bits per heavy atom. The van der Waals surface area contributed by atoms with Gasteiger partial charge in [-0.2, -0.15) is 0 Å². The summed E-state index contributed by atoms with van der Waals surface area (Å²) in [6.45, 7) is 3.98. The van der Waals surface area contributed by atoms with Crippen molar-refractivity contribution in [2.75, 3.05) is 4.90 Å². The van der Waals surface area contributed by atoms with Gasteiger partial charge in [0.1, 0.15) is 0 Å². The summed E-state index contributed by atoms with van der Waals surface area (Å²) in [5.41, 5.74) is 3.22. The molecule has 4 nitrogen and oxygen atoms in total. The highest BCUT2D eigenvalue weighted by Gasteiger charge is 2.37. The van der Waals surface area contributed by atoms with Crippen LogP contribution in [-0.2, 0) is 11.2 Å². The number of aryl methyl sites for hydroxylation is 1. The molecule has 0 saturated heterocycles. The van der Waals surface area contributed by atoms with Crippen LogP contribution >= 0.6 is 0 Å². The molecule has 24 heavy (non-hydrogen) atoms. The van der Waals surface area contributed by atoms with Gasteiger partial charge in [-0.1, -0.05) is 37.3 Å². The molecule has 2 aromatic carbocycles. The lowest BCUT2D eigenvalue weighted by Gasteiger charge is -2.38. The van der Waals surface area contributed by atoms with E-state index in [1.54, 1.807) is 11.0 Å². The number of carbonyl (C=O) groups is 2. The minimum absolute atomic E-state index is 0.0820. The van der Waals surface area contributed by atoms with E-state index in [1.165, 1.54) is 5.56 Å². The van der Waals surface area contributed by atoms with Crippen LogP contribution in [0.3, 0.4) is 0 Å². The zero-order valence-corrected chi connectivity index (χ0v) is 13.9. The van der Waals surface area contributed by atoms with Crippen LogP contribution in [0.2, 0.25) is 0 Å². The molecule has 3 rings (SSSR count). The summed E-state index contributed by atoms with van der Waals surface area (Å²) in [4.78, 5) is 26.3. The summed E-state index contributed by atoms with van der Waals surface area (Å²) in [5, 5.41) is 9.50. The Bertz CT molecular complexity index is 767. The highest BCUT2D eigenvalue weighted by Crippen LogP contribution is 2.39. The average Bonchev–Trinajstić information content (AvgIpc) is 2.60. The topological polar surface area (TPSA) is 57.6 Å². The SMILES string of the molecule is CCc1ccc(C(=O)N2c3ccccc3C(C(=O)O)C[C@@H]2C)cc1. The fraction of sp³-hybridized carbons (Fsp3) is 0.300. The van der Waals surface area contributed by atoms with Crippen LogP contribution in [0.25, 0.3) is 0 Å². The van der Waals surface area contributed by atoms with E-state index in [4.69, 9.17) is 0 Å². The smallest absolute Gasteiger partial charge is 0.311 e. The third kappa shape index (κ3) is 2.80. The first kappa shape index (κ1) is 16.2. The van der Waals surface area contributed by atoms with Gasteiger partial charge < -0.3 is 10.0 Å². The van der Waals surface area contributed by atoms with Gasteiger partial charge in [-0.05, 0) is 49.1 Å². The standard InChI is InChI=1S/C20H21NO3/c1-3-14-8-10-15(11-9-14)19(22)21-13(2)12-17(20(23)24)16-6-4-5-7-18(16)21/h4-11,13,17H,3,12H2,1-2H3,(H,23,24)/t13-,17?/m0/s1. The highest BCUT2D eigenvalue weighted by atomic mass is 16.4. The molecule has 0 bridgehead atoms. The molecule has 0 fully saturated rings. The Morgan fingerprint density at radius 2 is 1.79 bits per heavy atom. The lowest BCUT2D eigenvalue weighted by molar-refractivity contribution is -0.139. The number of hydrogen-bond acceptors (Lipinski definition) is 2. The Labute approximate surface area is 141 Å². The van der Waals surface area contributed by atoms with Crippen molar-refractivity contribution in [3.63, 3.8) is 0 Å². The number of carboxylic acids is 1. The molecule has 4 heteroatoms. The lowest BCUT2D eigenvalue weighted by Crippen LogP contribution is -2.44. The van der Waals surface area contributed by atoms with Crippen LogP contribution in [0.5, 0.6) is 0 Å². The van der Waals surface area contributed by atoms with E-state index in [0.717, 1.165) is 6.42 Å². The van der Waals surface area contributed by atoms with Gasteiger partial charge in [0.25, 0.3) is 5.91 Å². The average molecular weight is 323 g/mol. The Hall–Kier alpha value is -2.62. The number of para-hydroxylation sites is 1. The van der Waals surface area contributed by atoms with Crippen molar-refractivity contribution in [2.45, 2.75) is 38.6 Å². The fourth-order valence-corrected chi connectivity index (χ4v) is 3.38. The van der Waals surface area contributed by atoms with Gasteiger partial charge in [0.2, 0.25) is 0 Å².